The quantitative estimate of drug-likeness (QED) is 0.823. The van der Waals surface area contributed by atoms with Crippen molar-refractivity contribution in [2.75, 3.05) is 7.11 Å². The highest BCUT2D eigenvalue weighted by Crippen LogP contribution is 2.24. The molecule has 1 aliphatic carbocycles. The summed E-state index contributed by atoms with van der Waals surface area (Å²) in [6, 6.07) is 0.0144. The minimum atomic E-state index is -0.396. The monoisotopic (exact) mass is 251 g/mol. The molecule has 1 fully saturated rings. The van der Waals surface area contributed by atoms with Gasteiger partial charge >= 0.3 is 5.97 Å². The maximum atomic E-state index is 11.9. The number of aryl methyl sites for hydroxylation is 2. The molecule has 0 bridgehead atoms. The lowest BCUT2D eigenvalue weighted by atomic mass is 10.1. The highest BCUT2D eigenvalue weighted by molar-refractivity contribution is 5.77. The van der Waals surface area contributed by atoms with E-state index in [-0.39, 0.29) is 5.97 Å². The SMILES string of the molecule is COC(=O)C(NC1CCCC1)c1cn(C)nc1C. The lowest BCUT2D eigenvalue weighted by Gasteiger charge is -2.20. The van der Waals surface area contributed by atoms with Crippen molar-refractivity contribution in [1.82, 2.24) is 15.1 Å². The van der Waals surface area contributed by atoms with Crippen molar-refractivity contribution in [2.24, 2.45) is 7.05 Å². The van der Waals surface area contributed by atoms with Crippen molar-refractivity contribution in [2.45, 2.75) is 44.7 Å². The van der Waals surface area contributed by atoms with Gasteiger partial charge in [0.05, 0.1) is 12.8 Å². The molecule has 0 amide bonds. The first-order valence-electron chi connectivity index (χ1n) is 6.46. The van der Waals surface area contributed by atoms with E-state index in [2.05, 4.69) is 10.4 Å². The number of carbonyl (C=O) groups is 1. The van der Waals surface area contributed by atoms with Gasteiger partial charge in [-0.1, -0.05) is 12.8 Å². The molecule has 1 N–H and O–H groups in total. The summed E-state index contributed by atoms with van der Waals surface area (Å²) in [4.78, 5) is 11.9. The fourth-order valence-corrected chi connectivity index (χ4v) is 2.63. The fourth-order valence-electron chi connectivity index (χ4n) is 2.63. The van der Waals surface area contributed by atoms with Crippen LogP contribution in [0.25, 0.3) is 0 Å². The summed E-state index contributed by atoms with van der Waals surface area (Å²) in [6.07, 6.45) is 6.62. The number of methoxy groups -OCH3 is 1. The molecule has 5 nitrogen and oxygen atoms in total. The zero-order valence-electron chi connectivity index (χ0n) is 11.3. The Balaban J connectivity index is 2.18. The first-order valence-corrected chi connectivity index (χ1v) is 6.46. The van der Waals surface area contributed by atoms with E-state index in [9.17, 15) is 4.79 Å². The Hall–Kier alpha value is -1.36. The second kappa shape index (κ2) is 5.52. The van der Waals surface area contributed by atoms with Gasteiger partial charge in [-0.2, -0.15) is 5.10 Å². The molecule has 2 rings (SSSR count). The predicted molar refractivity (Wildman–Crippen MR) is 68.1 cm³/mol. The second-order valence-electron chi connectivity index (χ2n) is 4.95. The summed E-state index contributed by atoms with van der Waals surface area (Å²) in [6.45, 7) is 1.92. The van der Waals surface area contributed by atoms with Gasteiger partial charge in [-0.15, -0.1) is 0 Å². The number of rotatable bonds is 4. The number of esters is 1. The molecular formula is C13H21N3O2. The number of ether oxygens (including phenoxy) is 1. The number of carbonyl (C=O) groups excluding carboxylic acids is 1. The van der Waals surface area contributed by atoms with Crippen LogP contribution in [0.1, 0.15) is 43.0 Å². The highest BCUT2D eigenvalue weighted by atomic mass is 16.5. The van der Waals surface area contributed by atoms with Crippen molar-refractivity contribution < 1.29 is 9.53 Å². The molecule has 100 valence electrons. The van der Waals surface area contributed by atoms with Crippen LogP contribution < -0.4 is 5.32 Å². The molecule has 0 saturated heterocycles. The summed E-state index contributed by atoms with van der Waals surface area (Å²) in [5, 5.41) is 7.70. The fraction of sp³-hybridized carbons (Fsp3) is 0.692. The van der Waals surface area contributed by atoms with Crippen LogP contribution in [0.2, 0.25) is 0 Å². The van der Waals surface area contributed by atoms with Gasteiger partial charge in [0.1, 0.15) is 6.04 Å². The van der Waals surface area contributed by atoms with Gasteiger partial charge in [0.2, 0.25) is 0 Å². The molecule has 0 spiro atoms. The molecule has 1 saturated carbocycles. The number of nitrogens with zero attached hydrogens (tertiary/aromatic N) is 2. The van der Waals surface area contributed by atoms with Gasteiger partial charge in [-0.3, -0.25) is 10.00 Å². The molecule has 0 aliphatic heterocycles. The maximum absolute atomic E-state index is 11.9. The Morgan fingerprint density at radius 3 is 2.72 bits per heavy atom. The van der Waals surface area contributed by atoms with Crippen LogP contribution in [-0.4, -0.2) is 28.9 Å². The predicted octanol–water partition coefficient (Wildman–Crippen LogP) is 1.47. The Bertz CT molecular complexity index is 422. The van der Waals surface area contributed by atoms with E-state index in [4.69, 9.17) is 4.74 Å². The molecule has 1 aromatic heterocycles. The van der Waals surface area contributed by atoms with E-state index in [0.29, 0.717) is 6.04 Å². The Morgan fingerprint density at radius 1 is 1.56 bits per heavy atom. The zero-order chi connectivity index (χ0) is 13.1. The Kier molecular flexibility index (Phi) is 4.01. The average Bonchev–Trinajstić information content (AvgIpc) is 2.95. The zero-order valence-corrected chi connectivity index (χ0v) is 11.3. The van der Waals surface area contributed by atoms with Crippen molar-refractivity contribution >= 4 is 5.97 Å². The molecular weight excluding hydrogens is 230 g/mol. The van der Waals surface area contributed by atoms with Crippen molar-refractivity contribution in [3.63, 3.8) is 0 Å². The van der Waals surface area contributed by atoms with Crippen LogP contribution in [0.5, 0.6) is 0 Å². The van der Waals surface area contributed by atoms with E-state index in [0.717, 1.165) is 24.1 Å². The van der Waals surface area contributed by atoms with Crippen LogP contribution in [0.15, 0.2) is 6.20 Å². The average molecular weight is 251 g/mol. The normalized spacial score (nSPS) is 17.9. The number of nitrogens with one attached hydrogen (secondary N) is 1. The van der Waals surface area contributed by atoms with Gasteiger partial charge in [0, 0.05) is 24.8 Å². The molecule has 18 heavy (non-hydrogen) atoms. The maximum Gasteiger partial charge on any atom is 0.327 e. The van der Waals surface area contributed by atoms with Gasteiger partial charge in [0.15, 0.2) is 0 Å². The summed E-state index contributed by atoms with van der Waals surface area (Å²) < 4.78 is 6.64. The molecule has 1 heterocycles. The highest BCUT2D eigenvalue weighted by Gasteiger charge is 2.28. The summed E-state index contributed by atoms with van der Waals surface area (Å²) >= 11 is 0. The summed E-state index contributed by atoms with van der Waals surface area (Å²) in [5.74, 6) is -0.238. The van der Waals surface area contributed by atoms with Crippen LogP contribution in [0, 0.1) is 6.92 Å². The third-order valence-corrected chi connectivity index (χ3v) is 3.56. The number of hydrogen-bond acceptors (Lipinski definition) is 4. The standard InChI is InChI=1S/C13H21N3O2/c1-9-11(8-16(2)15-9)12(13(17)18-3)14-10-6-4-5-7-10/h8,10,12,14H,4-7H2,1-3H3. The van der Waals surface area contributed by atoms with Gasteiger partial charge < -0.3 is 4.74 Å². The Morgan fingerprint density at radius 2 is 2.22 bits per heavy atom. The first kappa shape index (κ1) is 13.1. The molecule has 1 unspecified atom stereocenters. The van der Waals surface area contributed by atoms with Crippen molar-refractivity contribution in [3.05, 3.63) is 17.5 Å². The number of hydrogen-bond donors (Lipinski definition) is 1. The molecule has 5 heteroatoms. The first-order chi connectivity index (χ1) is 8.61. The van der Waals surface area contributed by atoms with Crippen molar-refractivity contribution in [3.8, 4) is 0 Å². The second-order valence-corrected chi connectivity index (χ2v) is 4.95. The molecule has 0 aromatic carbocycles. The van der Waals surface area contributed by atoms with Crippen LogP contribution in [0.3, 0.4) is 0 Å². The molecule has 1 atom stereocenters. The van der Waals surface area contributed by atoms with Gasteiger partial charge in [-0.25, -0.2) is 4.79 Å². The number of aromatic nitrogens is 2. The lowest BCUT2D eigenvalue weighted by Crippen LogP contribution is -2.36. The largest absolute Gasteiger partial charge is 0.468 e. The van der Waals surface area contributed by atoms with Crippen LogP contribution in [-0.2, 0) is 16.6 Å². The third-order valence-electron chi connectivity index (χ3n) is 3.56. The van der Waals surface area contributed by atoms with E-state index >= 15 is 0 Å². The molecule has 1 aromatic rings. The molecule has 1 aliphatic rings. The topological polar surface area (TPSA) is 56.1 Å². The van der Waals surface area contributed by atoms with E-state index in [1.54, 1.807) is 4.68 Å². The lowest BCUT2D eigenvalue weighted by molar-refractivity contribution is -0.143. The van der Waals surface area contributed by atoms with E-state index in [1.807, 2.05) is 20.2 Å². The molecule has 0 radical (unpaired) electrons. The van der Waals surface area contributed by atoms with E-state index in [1.165, 1.54) is 20.0 Å². The van der Waals surface area contributed by atoms with Crippen LogP contribution >= 0.6 is 0 Å². The van der Waals surface area contributed by atoms with Crippen molar-refractivity contribution in [1.29, 1.82) is 0 Å². The van der Waals surface area contributed by atoms with Crippen LogP contribution in [0.4, 0.5) is 0 Å². The smallest absolute Gasteiger partial charge is 0.327 e. The van der Waals surface area contributed by atoms with E-state index < -0.39 is 6.04 Å². The van der Waals surface area contributed by atoms with Gasteiger partial charge in [-0.05, 0) is 19.8 Å². The Labute approximate surface area is 108 Å². The summed E-state index contributed by atoms with van der Waals surface area (Å²) in [5.41, 5.74) is 1.79. The minimum absolute atomic E-state index is 0.238. The van der Waals surface area contributed by atoms with Gasteiger partial charge in [0.25, 0.3) is 0 Å². The third kappa shape index (κ3) is 2.72. The minimum Gasteiger partial charge on any atom is -0.468 e. The summed E-state index contributed by atoms with van der Waals surface area (Å²) in [7, 11) is 3.29.